The predicted octanol–water partition coefficient (Wildman–Crippen LogP) is 5.42. The fourth-order valence-electron chi connectivity index (χ4n) is 3.81. The summed E-state index contributed by atoms with van der Waals surface area (Å²) < 4.78 is 42.9. The first-order chi connectivity index (χ1) is 18.4. The molecule has 0 fully saturated rings. The summed E-state index contributed by atoms with van der Waals surface area (Å²) >= 11 is 3.40. The van der Waals surface area contributed by atoms with Gasteiger partial charge in [0, 0.05) is 17.1 Å². The molecule has 1 N–H and O–H groups in total. The second kappa shape index (κ2) is 13.2. The first kappa shape index (κ1) is 30.3. The van der Waals surface area contributed by atoms with E-state index in [2.05, 4.69) is 21.2 Å². The van der Waals surface area contributed by atoms with Crippen molar-refractivity contribution in [2.24, 2.45) is 0 Å². The minimum atomic E-state index is -4.25. The highest BCUT2D eigenvalue weighted by atomic mass is 79.9. The van der Waals surface area contributed by atoms with Crippen LogP contribution < -0.4 is 9.62 Å². The van der Waals surface area contributed by atoms with Gasteiger partial charge < -0.3 is 10.2 Å². The Balaban J connectivity index is 2.01. The van der Waals surface area contributed by atoms with Gasteiger partial charge in [-0.1, -0.05) is 52.7 Å². The van der Waals surface area contributed by atoms with Crippen LogP contribution in [0.5, 0.6) is 0 Å². The van der Waals surface area contributed by atoms with Crippen molar-refractivity contribution in [1.29, 1.82) is 0 Å². The van der Waals surface area contributed by atoms with Crippen molar-refractivity contribution in [3.05, 3.63) is 94.2 Å². The highest BCUT2D eigenvalue weighted by Crippen LogP contribution is 2.25. The van der Waals surface area contributed by atoms with Gasteiger partial charge in [-0.3, -0.25) is 13.9 Å². The van der Waals surface area contributed by atoms with Crippen molar-refractivity contribution in [3.63, 3.8) is 0 Å². The van der Waals surface area contributed by atoms with Crippen molar-refractivity contribution < 1.29 is 22.4 Å². The molecule has 0 radical (unpaired) electrons. The van der Waals surface area contributed by atoms with E-state index in [9.17, 15) is 22.4 Å². The first-order valence-electron chi connectivity index (χ1n) is 12.6. The number of sulfonamides is 1. The van der Waals surface area contributed by atoms with Crippen LogP contribution >= 0.6 is 15.9 Å². The quantitative estimate of drug-likeness (QED) is 0.311. The Labute approximate surface area is 238 Å². The zero-order valence-corrected chi connectivity index (χ0v) is 24.8. The van der Waals surface area contributed by atoms with Crippen LogP contribution in [-0.2, 0) is 26.2 Å². The third kappa shape index (κ3) is 7.89. The molecule has 208 valence electrons. The van der Waals surface area contributed by atoms with Crippen LogP contribution in [-0.4, -0.2) is 43.8 Å². The maximum atomic E-state index is 13.9. The van der Waals surface area contributed by atoms with Gasteiger partial charge in [0.15, 0.2) is 0 Å². The number of aryl methyl sites for hydroxylation is 1. The Morgan fingerprint density at radius 2 is 1.54 bits per heavy atom. The van der Waals surface area contributed by atoms with Gasteiger partial charge in [-0.2, -0.15) is 0 Å². The van der Waals surface area contributed by atoms with Crippen molar-refractivity contribution in [1.82, 2.24) is 10.2 Å². The van der Waals surface area contributed by atoms with Crippen LogP contribution in [0.2, 0.25) is 0 Å². The number of benzene rings is 3. The van der Waals surface area contributed by atoms with E-state index >= 15 is 0 Å². The average molecular weight is 619 g/mol. The fraction of sp³-hybridized carbons (Fsp3) is 0.310. The van der Waals surface area contributed by atoms with Gasteiger partial charge in [0.25, 0.3) is 10.0 Å². The number of rotatable bonds is 11. The number of hydrogen-bond donors (Lipinski definition) is 1. The standard InChI is InChI=1S/C29H33BrFN3O4S/c1-5-21(3)32-29(36)22(4)33(18-23-8-10-24(30)11-9-23)28(35)19-34(26-14-6-20(2)7-15-26)39(37,38)27-16-12-25(31)13-17-27/h6-17,21-22H,5,18-19H2,1-4H3,(H,32,36)/t21-,22-/m1/s1. The van der Waals surface area contributed by atoms with Crippen LogP contribution in [0, 0.1) is 12.7 Å². The SMILES string of the molecule is CC[C@@H](C)NC(=O)[C@@H](C)N(Cc1ccc(Br)cc1)C(=O)CN(c1ccc(C)cc1)S(=O)(=O)c1ccc(F)cc1. The highest BCUT2D eigenvalue weighted by Gasteiger charge is 2.32. The molecule has 0 aliphatic carbocycles. The summed E-state index contributed by atoms with van der Waals surface area (Å²) in [6.45, 7) is 6.85. The molecule has 3 aromatic rings. The van der Waals surface area contributed by atoms with Crippen molar-refractivity contribution in [3.8, 4) is 0 Å². The minimum Gasteiger partial charge on any atom is -0.352 e. The summed E-state index contributed by atoms with van der Waals surface area (Å²) in [4.78, 5) is 28.2. The van der Waals surface area contributed by atoms with Crippen LogP contribution in [0.1, 0.15) is 38.3 Å². The number of hydrogen-bond acceptors (Lipinski definition) is 4. The smallest absolute Gasteiger partial charge is 0.264 e. The Bertz CT molecular complexity index is 1380. The lowest BCUT2D eigenvalue weighted by Crippen LogP contribution is -2.52. The Morgan fingerprint density at radius 1 is 0.949 bits per heavy atom. The van der Waals surface area contributed by atoms with Crippen LogP contribution in [0.15, 0.2) is 82.2 Å². The predicted molar refractivity (Wildman–Crippen MR) is 154 cm³/mol. The summed E-state index contributed by atoms with van der Waals surface area (Å²) in [6.07, 6.45) is 0.718. The first-order valence-corrected chi connectivity index (χ1v) is 14.8. The molecule has 0 heterocycles. The molecule has 2 amide bonds. The number of halogens is 2. The average Bonchev–Trinajstić information content (AvgIpc) is 2.91. The molecule has 3 rings (SSSR count). The Kier molecular flexibility index (Phi) is 10.3. The van der Waals surface area contributed by atoms with Crippen LogP contribution in [0.25, 0.3) is 0 Å². The summed E-state index contributed by atoms with van der Waals surface area (Å²) in [6, 6.07) is 17.5. The molecule has 0 bridgehead atoms. The van der Waals surface area contributed by atoms with E-state index in [1.807, 2.05) is 45.0 Å². The van der Waals surface area contributed by atoms with Crippen molar-refractivity contribution in [2.45, 2.75) is 57.6 Å². The zero-order valence-electron chi connectivity index (χ0n) is 22.4. The number of amides is 2. The van der Waals surface area contributed by atoms with Crippen molar-refractivity contribution in [2.75, 3.05) is 10.8 Å². The third-order valence-corrected chi connectivity index (χ3v) is 8.75. The molecule has 39 heavy (non-hydrogen) atoms. The van der Waals surface area contributed by atoms with E-state index in [0.29, 0.717) is 0 Å². The second-order valence-corrected chi connectivity index (χ2v) is 12.2. The molecular formula is C29H33BrFN3O4S. The lowest BCUT2D eigenvalue weighted by Gasteiger charge is -2.32. The highest BCUT2D eigenvalue weighted by molar-refractivity contribution is 9.10. The van der Waals surface area contributed by atoms with E-state index in [0.717, 1.165) is 50.6 Å². The second-order valence-electron chi connectivity index (χ2n) is 9.44. The van der Waals surface area contributed by atoms with Gasteiger partial charge in [-0.25, -0.2) is 12.8 Å². The fourth-order valence-corrected chi connectivity index (χ4v) is 5.49. The zero-order chi connectivity index (χ0) is 28.7. The number of nitrogens with one attached hydrogen (secondary N) is 1. The molecule has 0 aliphatic rings. The summed E-state index contributed by atoms with van der Waals surface area (Å²) in [7, 11) is -4.25. The topological polar surface area (TPSA) is 86.8 Å². The third-order valence-electron chi connectivity index (χ3n) is 6.44. The summed E-state index contributed by atoms with van der Waals surface area (Å²) in [5, 5.41) is 2.90. The molecule has 10 heteroatoms. The van der Waals surface area contributed by atoms with Crippen molar-refractivity contribution >= 4 is 43.5 Å². The molecule has 0 unspecified atom stereocenters. The minimum absolute atomic E-state index is 0.0903. The lowest BCUT2D eigenvalue weighted by atomic mass is 10.1. The summed E-state index contributed by atoms with van der Waals surface area (Å²) in [5.41, 5.74) is 1.97. The molecule has 3 aromatic carbocycles. The summed E-state index contributed by atoms with van der Waals surface area (Å²) in [5.74, 6) is -1.47. The van der Waals surface area contributed by atoms with Gasteiger partial charge >= 0.3 is 0 Å². The van der Waals surface area contributed by atoms with Gasteiger partial charge in [0.05, 0.1) is 10.6 Å². The van der Waals surface area contributed by atoms with Gasteiger partial charge in [0.1, 0.15) is 18.4 Å². The monoisotopic (exact) mass is 617 g/mol. The van der Waals surface area contributed by atoms with E-state index in [-0.39, 0.29) is 29.1 Å². The van der Waals surface area contributed by atoms with Gasteiger partial charge in [-0.15, -0.1) is 0 Å². The molecular weight excluding hydrogens is 585 g/mol. The number of anilines is 1. The molecule has 7 nitrogen and oxygen atoms in total. The Morgan fingerprint density at radius 3 is 2.10 bits per heavy atom. The maximum Gasteiger partial charge on any atom is 0.264 e. The van der Waals surface area contributed by atoms with E-state index in [1.165, 1.54) is 4.90 Å². The Hall–Kier alpha value is -3.24. The number of carbonyl (C=O) groups is 2. The van der Waals surface area contributed by atoms with E-state index in [1.54, 1.807) is 31.2 Å². The molecule has 0 saturated carbocycles. The van der Waals surface area contributed by atoms with Gasteiger partial charge in [-0.05, 0) is 81.3 Å². The van der Waals surface area contributed by atoms with Crippen LogP contribution in [0.4, 0.5) is 10.1 Å². The molecule has 2 atom stereocenters. The molecule has 0 saturated heterocycles. The van der Waals surface area contributed by atoms with E-state index < -0.39 is 34.3 Å². The lowest BCUT2D eigenvalue weighted by molar-refractivity contribution is -0.139. The van der Waals surface area contributed by atoms with Crippen LogP contribution in [0.3, 0.4) is 0 Å². The number of carbonyl (C=O) groups excluding carboxylic acids is 2. The molecule has 0 spiro atoms. The normalized spacial score (nSPS) is 12.9. The molecule has 0 aliphatic heterocycles. The largest absolute Gasteiger partial charge is 0.352 e. The van der Waals surface area contributed by atoms with Gasteiger partial charge in [0.2, 0.25) is 11.8 Å². The number of nitrogens with zero attached hydrogens (tertiary/aromatic N) is 2. The molecule has 0 aromatic heterocycles. The maximum absolute atomic E-state index is 13.9. The van der Waals surface area contributed by atoms with E-state index in [4.69, 9.17) is 0 Å².